The lowest BCUT2D eigenvalue weighted by Crippen LogP contribution is -2.22. The van der Waals surface area contributed by atoms with E-state index < -0.39 is 4.92 Å². The van der Waals surface area contributed by atoms with Gasteiger partial charge in [-0.1, -0.05) is 29.3 Å². The summed E-state index contributed by atoms with van der Waals surface area (Å²) in [6.07, 6.45) is 6.09. The van der Waals surface area contributed by atoms with Gasteiger partial charge in [-0.2, -0.15) is 0 Å². The summed E-state index contributed by atoms with van der Waals surface area (Å²) in [4.78, 5) is 29.4. The minimum absolute atomic E-state index is 0.0132. The van der Waals surface area contributed by atoms with E-state index >= 15 is 0 Å². The zero-order chi connectivity index (χ0) is 19.8. The Kier molecular flexibility index (Phi) is 4.92. The Morgan fingerprint density at radius 1 is 1.29 bits per heavy atom. The summed E-state index contributed by atoms with van der Waals surface area (Å²) in [5.74, 6) is 0.406. The lowest BCUT2D eigenvalue weighted by Gasteiger charge is -2.11. The van der Waals surface area contributed by atoms with Gasteiger partial charge in [-0.25, -0.2) is 0 Å². The van der Waals surface area contributed by atoms with Crippen LogP contribution in [0.15, 0.2) is 42.7 Å². The first-order valence-corrected chi connectivity index (χ1v) is 9.69. The van der Waals surface area contributed by atoms with Crippen molar-refractivity contribution in [2.45, 2.75) is 6.42 Å². The highest BCUT2D eigenvalue weighted by Gasteiger charge is 2.21. The number of benzene rings is 1. The number of amides is 1. The molecule has 0 aliphatic carbocycles. The molecule has 1 aliphatic rings. The van der Waals surface area contributed by atoms with Gasteiger partial charge in [0.1, 0.15) is 5.75 Å². The third kappa shape index (κ3) is 3.42. The molecule has 0 spiro atoms. The number of nitrogens with zero attached hydrogens (tertiary/aromatic N) is 3. The average Bonchev–Trinajstić information content (AvgIpc) is 3.33. The number of aromatic nitrogens is 1. The molecule has 28 heavy (non-hydrogen) atoms. The number of carbonyl (C=O) groups is 1. The quantitative estimate of drug-likeness (QED) is 0.389. The fourth-order valence-corrected chi connectivity index (χ4v) is 4.33. The molecule has 3 aromatic rings. The number of non-ortho nitro benzene ring substituents is 1. The molecule has 1 aromatic carbocycles. The van der Waals surface area contributed by atoms with E-state index in [9.17, 15) is 14.9 Å². The Bertz CT molecular complexity index is 1120. The third-order valence-corrected chi connectivity index (χ3v) is 5.76. The van der Waals surface area contributed by atoms with Crippen LogP contribution in [0.5, 0.6) is 11.5 Å². The molecular formula is C18H11Cl2N3O4S. The van der Waals surface area contributed by atoms with Gasteiger partial charge in [0.05, 0.1) is 30.1 Å². The Morgan fingerprint density at radius 3 is 2.68 bits per heavy atom. The van der Waals surface area contributed by atoms with Gasteiger partial charge in [0.2, 0.25) is 0 Å². The fourth-order valence-electron chi connectivity index (χ4n) is 2.76. The second-order valence-corrected chi connectivity index (χ2v) is 7.77. The van der Waals surface area contributed by atoms with Crippen molar-refractivity contribution < 1.29 is 14.5 Å². The first-order valence-electron chi connectivity index (χ1n) is 8.11. The molecule has 0 saturated carbocycles. The predicted octanol–water partition coefficient (Wildman–Crippen LogP) is 5.66. The summed E-state index contributed by atoms with van der Waals surface area (Å²) in [5.41, 5.74) is 0.369. The molecule has 2 aromatic heterocycles. The van der Waals surface area contributed by atoms with Gasteiger partial charge in [0.25, 0.3) is 11.6 Å². The molecule has 7 nitrogen and oxygen atoms in total. The Hall–Kier alpha value is -2.68. The van der Waals surface area contributed by atoms with Gasteiger partial charge >= 0.3 is 0 Å². The number of halogens is 2. The van der Waals surface area contributed by atoms with Crippen LogP contribution in [0.3, 0.4) is 0 Å². The third-order valence-electron chi connectivity index (χ3n) is 4.08. The summed E-state index contributed by atoms with van der Waals surface area (Å²) in [6, 6.07) is 5.67. The van der Waals surface area contributed by atoms with Crippen molar-refractivity contribution in [1.29, 1.82) is 0 Å². The minimum Gasteiger partial charge on any atom is -0.453 e. The number of nitro groups is 1. The van der Waals surface area contributed by atoms with Crippen molar-refractivity contribution in [3.05, 3.63) is 67.8 Å². The van der Waals surface area contributed by atoms with Crippen molar-refractivity contribution in [2.75, 3.05) is 6.54 Å². The largest absolute Gasteiger partial charge is 0.453 e. The lowest BCUT2D eigenvalue weighted by atomic mass is 10.3. The zero-order valence-electron chi connectivity index (χ0n) is 14.1. The molecule has 0 N–H and O–H groups in total. The number of ether oxygens (including phenoxy) is 1. The van der Waals surface area contributed by atoms with Gasteiger partial charge in [-0.05, 0) is 12.5 Å². The molecule has 0 saturated heterocycles. The van der Waals surface area contributed by atoms with Crippen molar-refractivity contribution >= 4 is 56.3 Å². The van der Waals surface area contributed by atoms with Crippen LogP contribution < -0.4 is 4.74 Å². The van der Waals surface area contributed by atoms with E-state index in [-0.39, 0.29) is 27.4 Å². The normalized spacial score (nSPS) is 13.3. The first kappa shape index (κ1) is 18.7. The van der Waals surface area contributed by atoms with E-state index in [1.807, 2.05) is 6.08 Å². The summed E-state index contributed by atoms with van der Waals surface area (Å²) >= 11 is 13.5. The van der Waals surface area contributed by atoms with Crippen molar-refractivity contribution in [3.8, 4) is 11.5 Å². The predicted molar refractivity (Wildman–Crippen MR) is 108 cm³/mol. The Morgan fingerprint density at radius 2 is 2.04 bits per heavy atom. The van der Waals surface area contributed by atoms with Gasteiger partial charge in [-0.3, -0.25) is 19.9 Å². The highest BCUT2D eigenvalue weighted by molar-refractivity contribution is 7.21. The number of hydrogen-bond acceptors (Lipinski definition) is 6. The number of hydrogen-bond donors (Lipinski definition) is 0. The number of pyridine rings is 1. The second kappa shape index (κ2) is 7.38. The van der Waals surface area contributed by atoms with E-state index in [0.717, 1.165) is 6.42 Å². The van der Waals surface area contributed by atoms with E-state index in [0.29, 0.717) is 27.4 Å². The van der Waals surface area contributed by atoms with E-state index in [2.05, 4.69) is 4.98 Å². The fraction of sp³-hybridized carbons (Fsp3) is 0.111. The SMILES string of the molecule is O=C(c1cc2nccc(Oc3c(Cl)cc([N+](=O)[O-])cc3Cl)c2s1)N1C=CCC1. The lowest BCUT2D eigenvalue weighted by molar-refractivity contribution is -0.384. The second-order valence-electron chi connectivity index (χ2n) is 5.90. The van der Waals surface area contributed by atoms with Crippen LogP contribution in [0.1, 0.15) is 16.1 Å². The highest BCUT2D eigenvalue weighted by Crippen LogP contribution is 2.42. The molecule has 0 atom stereocenters. The minimum atomic E-state index is -0.587. The standard InChI is InChI=1S/C18H11Cl2N3O4S/c19-11-7-10(23(25)26)8-12(20)16(11)27-14-3-4-21-13-9-15(28-17(13)14)18(24)22-5-1-2-6-22/h1,3-5,7-9H,2,6H2. The summed E-state index contributed by atoms with van der Waals surface area (Å²) in [7, 11) is 0. The molecule has 1 amide bonds. The van der Waals surface area contributed by atoms with Crippen LogP contribution in [-0.2, 0) is 0 Å². The van der Waals surface area contributed by atoms with Gasteiger partial charge in [-0.15, -0.1) is 11.3 Å². The number of carbonyl (C=O) groups excluding carboxylic acids is 1. The first-order chi connectivity index (χ1) is 13.4. The maximum Gasteiger partial charge on any atom is 0.272 e. The Balaban J connectivity index is 1.71. The molecule has 1 aliphatic heterocycles. The topological polar surface area (TPSA) is 85.6 Å². The molecule has 10 heteroatoms. The van der Waals surface area contributed by atoms with Crippen LogP contribution in [0.4, 0.5) is 5.69 Å². The summed E-state index contributed by atoms with van der Waals surface area (Å²) in [5, 5.41) is 11.0. The van der Waals surface area contributed by atoms with Gasteiger partial charge < -0.3 is 9.64 Å². The van der Waals surface area contributed by atoms with Gasteiger partial charge in [0, 0.05) is 37.1 Å². The molecular weight excluding hydrogens is 425 g/mol. The van der Waals surface area contributed by atoms with Crippen LogP contribution in [0, 0.1) is 10.1 Å². The zero-order valence-corrected chi connectivity index (χ0v) is 16.4. The van der Waals surface area contributed by atoms with Crippen LogP contribution in [0.25, 0.3) is 10.2 Å². The summed E-state index contributed by atoms with van der Waals surface area (Å²) in [6.45, 7) is 0.651. The smallest absolute Gasteiger partial charge is 0.272 e. The molecule has 3 heterocycles. The number of fused-ring (bicyclic) bond motifs is 1. The van der Waals surface area contributed by atoms with Crippen LogP contribution in [-0.4, -0.2) is 27.3 Å². The van der Waals surface area contributed by atoms with Crippen LogP contribution in [0.2, 0.25) is 10.0 Å². The average molecular weight is 436 g/mol. The van der Waals surface area contributed by atoms with Gasteiger partial charge in [0.15, 0.2) is 5.75 Å². The molecule has 0 bridgehead atoms. The Labute approximate surface area is 172 Å². The molecule has 4 rings (SSSR count). The van der Waals surface area contributed by atoms with Crippen LogP contribution >= 0.6 is 34.5 Å². The number of thiophene rings is 1. The van der Waals surface area contributed by atoms with E-state index in [1.165, 1.54) is 23.5 Å². The number of rotatable bonds is 4. The maximum absolute atomic E-state index is 12.6. The molecule has 0 unspecified atom stereocenters. The maximum atomic E-state index is 12.6. The van der Waals surface area contributed by atoms with Crippen molar-refractivity contribution in [2.24, 2.45) is 0 Å². The molecule has 0 radical (unpaired) electrons. The number of nitro benzene ring substituents is 1. The molecule has 142 valence electrons. The van der Waals surface area contributed by atoms with E-state index in [4.69, 9.17) is 27.9 Å². The molecule has 0 fully saturated rings. The van der Waals surface area contributed by atoms with Crippen molar-refractivity contribution in [3.63, 3.8) is 0 Å². The highest BCUT2D eigenvalue weighted by atomic mass is 35.5. The van der Waals surface area contributed by atoms with E-state index in [1.54, 1.807) is 29.4 Å². The monoisotopic (exact) mass is 435 g/mol. The summed E-state index contributed by atoms with van der Waals surface area (Å²) < 4.78 is 6.50. The van der Waals surface area contributed by atoms with Crippen molar-refractivity contribution in [1.82, 2.24) is 9.88 Å².